The molecule has 0 saturated carbocycles. The Kier molecular flexibility index (Phi) is 9.42. The molecule has 50 heavy (non-hydrogen) atoms. The third-order valence-corrected chi connectivity index (χ3v) is 14.1. The minimum atomic E-state index is -4.07. The number of phenols is 2. The van der Waals surface area contributed by atoms with E-state index in [0.717, 1.165) is 11.1 Å². The Labute approximate surface area is 295 Å². The predicted molar refractivity (Wildman–Crippen MR) is 191 cm³/mol. The molecule has 0 aromatic heterocycles. The van der Waals surface area contributed by atoms with Gasteiger partial charge in [-0.05, 0) is 77.6 Å². The number of rotatable bonds is 7. The number of ether oxygens (including phenoxy) is 2. The number of phenolic OH excluding ortho intramolecular Hbond substituents is 2. The molecule has 0 unspecified atom stereocenters. The van der Waals surface area contributed by atoms with Gasteiger partial charge in [-0.2, -0.15) is 8.61 Å². The molecule has 0 amide bonds. The second-order valence-corrected chi connectivity index (χ2v) is 17.2. The van der Waals surface area contributed by atoms with Gasteiger partial charge in [-0.25, -0.2) is 16.8 Å². The zero-order valence-corrected chi connectivity index (χ0v) is 31.2. The summed E-state index contributed by atoms with van der Waals surface area (Å²) in [5.74, 6) is -0.541. The van der Waals surface area contributed by atoms with Gasteiger partial charge in [0, 0.05) is 34.3 Å². The number of hydrogen-bond acceptors (Lipinski definition) is 8. The van der Waals surface area contributed by atoms with Gasteiger partial charge in [0.25, 0.3) is 0 Å². The first kappa shape index (κ1) is 36.0. The van der Waals surface area contributed by atoms with Crippen LogP contribution in [0.15, 0.2) is 70.5 Å². The van der Waals surface area contributed by atoms with Crippen LogP contribution >= 0.6 is 0 Å². The van der Waals surface area contributed by atoms with E-state index >= 15 is 0 Å². The van der Waals surface area contributed by atoms with Crippen LogP contribution in [-0.4, -0.2) is 61.0 Å². The maximum absolute atomic E-state index is 14.2. The molecule has 2 fully saturated rings. The highest BCUT2D eigenvalue weighted by Gasteiger charge is 2.46. The van der Waals surface area contributed by atoms with Crippen molar-refractivity contribution >= 4 is 20.0 Å². The first-order chi connectivity index (χ1) is 23.5. The molecule has 6 rings (SSSR count). The van der Waals surface area contributed by atoms with Crippen LogP contribution in [0, 0.1) is 41.5 Å². The lowest BCUT2D eigenvalue weighted by Gasteiger charge is -2.29. The molecule has 2 heterocycles. The fourth-order valence-electron chi connectivity index (χ4n) is 7.71. The summed E-state index contributed by atoms with van der Waals surface area (Å²) in [6, 6.07) is 16.0. The van der Waals surface area contributed by atoms with Gasteiger partial charge in [0.2, 0.25) is 20.0 Å². The maximum Gasteiger partial charge on any atom is 0.246 e. The summed E-state index contributed by atoms with van der Waals surface area (Å²) >= 11 is 0. The molecule has 0 spiro atoms. The molecular weight excluding hydrogens is 677 g/mol. The molecule has 4 atom stereocenters. The standard InChI is InChI=1S/C38H44N2O8S2/c1-21-15-23(3)35(24(4)16-21)49(43,44)39-27(7)19-47-37(39)31-13-9-11-29(33(31)41)30-12-10-14-32(34(30)42)38-40(28(8)20-48-38)50(45,46)36-25(5)17-22(2)18-26(36)6/h9-18,27-28,37-38,41-42H,19-20H2,1-8H3/t27-,28-,37-,38-/m0/s1. The minimum absolute atomic E-state index is 0.111. The van der Waals surface area contributed by atoms with Crippen molar-refractivity contribution in [1.82, 2.24) is 8.61 Å². The van der Waals surface area contributed by atoms with Crippen molar-refractivity contribution in [2.24, 2.45) is 0 Å². The highest BCUT2D eigenvalue weighted by molar-refractivity contribution is 7.89. The van der Waals surface area contributed by atoms with Crippen molar-refractivity contribution in [2.75, 3.05) is 13.2 Å². The third-order valence-electron chi connectivity index (χ3n) is 9.56. The van der Waals surface area contributed by atoms with Crippen molar-refractivity contribution in [3.63, 3.8) is 0 Å². The van der Waals surface area contributed by atoms with Crippen LogP contribution in [0.3, 0.4) is 0 Å². The van der Waals surface area contributed by atoms with Crippen LogP contribution in [0.1, 0.15) is 70.8 Å². The van der Waals surface area contributed by atoms with Crippen LogP contribution in [0.25, 0.3) is 11.1 Å². The normalized spacial score (nSPS) is 22.0. The van der Waals surface area contributed by atoms with Gasteiger partial charge >= 0.3 is 0 Å². The van der Waals surface area contributed by atoms with E-state index in [0.29, 0.717) is 22.3 Å². The summed E-state index contributed by atoms with van der Waals surface area (Å²) in [7, 11) is -8.14. The SMILES string of the molecule is Cc1cc(C)c(S(=O)(=O)N2[C@@H](C)CO[C@H]2c2cccc(-c3cccc([C@@H]4OC[C@H](C)N4S(=O)(=O)c4c(C)cc(C)cc4C)c3O)c2O)c(C)c1. The average Bonchev–Trinajstić information content (AvgIpc) is 3.59. The van der Waals surface area contributed by atoms with Crippen LogP contribution in [0.4, 0.5) is 0 Å². The molecule has 4 aromatic rings. The molecule has 266 valence electrons. The molecule has 0 bridgehead atoms. The van der Waals surface area contributed by atoms with Crippen molar-refractivity contribution in [1.29, 1.82) is 0 Å². The molecule has 2 aliphatic rings. The first-order valence-electron chi connectivity index (χ1n) is 16.6. The topological polar surface area (TPSA) is 134 Å². The summed E-state index contributed by atoms with van der Waals surface area (Å²) in [6.07, 6.45) is -2.28. The zero-order valence-electron chi connectivity index (χ0n) is 29.6. The number of hydrogen-bond donors (Lipinski definition) is 2. The van der Waals surface area contributed by atoms with E-state index in [1.807, 2.05) is 38.1 Å². The van der Waals surface area contributed by atoms with Crippen LogP contribution in [0.2, 0.25) is 0 Å². The van der Waals surface area contributed by atoms with Gasteiger partial charge in [-0.15, -0.1) is 0 Å². The summed E-state index contributed by atoms with van der Waals surface area (Å²) < 4.78 is 71.7. The highest BCUT2D eigenvalue weighted by atomic mass is 32.2. The van der Waals surface area contributed by atoms with E-state index < -0.39 is 44.6 Å². The molecule has 12 heteroatoms. The monoisotopic (exact) mass is 720 g/mol. The van der Waals surface area contributed by atoms with Crippen LogP contribution < -0.4 is 0 Å². The maximum atomic E-state index is 14.2. The molecule has 2 aliphatic heterocycles. The fraction of sp³-hybridized carbons (Fsp3) is 0.368. The van der Waals surface area contributed by atoms with Gasteiger partial charge in [0.1, 0.15) is 11.5 Å². The lowest BCUT2D eigenvalue weighted by Crippen LogP contribution is -2.37. The zero-order chi connectivity index (χ0) is 36.4. The summed E-state index contributed by atoms with van der Waals surface area (Å²) in [4.78, 5) is 0.403. The first-order valence-corrected chi connectivity index (χ1v) is 19.4. The van der Waals surface area contributed by atoms with Crippen molar-refractivity contribution in [2.45, 2.75) is 89.7 Å². The van der Waals surface area contributed by atoms with E-state index in [1.54, 1.807) is 77.9 Å². The molecule has 0 radical (unpaired) electrons. The van der Waals surface area contributed by atoms with Crippen LogP contribution in [-0.2, 0) is 29.5 Å². The molecule has 2 N–H and O–H groups in total. The number of aromatic hydroxyl groups is 2. The Hall–Kier alpha value is -3.78. The lowest BCUT2D eigenvalue weighted by molar-refractivity contribution is 0.0656. The van der Waals surface area contributed by atoms with E-state index in [2.05, 4.69) is 0 Å². The molecule has 4 aromatic carbocycles. The summed E-state index contributed by atoms with van der Waals surface area (Å²) in [6.45, 7) is 14.6. The van der Waals surface area contributed by atoms with Gasteiger partial charge in [0.15, 0.2) is 12.5 Å². The Morgan fingerprint density at radius 1 is 0.580 bits per heavy atom. The Morgan fingerprint density at radius 2 is 0.900 bits per heavy atom. The van der Waals surface area contributed by atoms with E-state index in [-0.39, 0.29) is 56.8 Å². The number of aryl methyl sites for hydroxylation is 6. The largest absolute Gasteiger partial charge is 0.507 e. The van der Waals surface area contributed by atoms with E-state index in [1.165, 1.54) is 8.61 Å². The Bertz CT molecular complexity index is 2010. The Morgan fingerprint density at radius 3 is 1.22 bits per heavy atom. The molecule has 2 saturated heterocycles. The second kappa shape index (κ2) is 13.1. The Balaban J connectivity index is 1.41. The third kappa shape index (κ3) is 5.91. The number of benzene rings is 4. The highest BCUT2D eigenvalue weighted by Crippen LogP contribution is 2.48. The summed E-state index contributed by atoms with van der Waals surface area (Å²) in [5.41, 5.74) is 5.23. The quantitative estimate of drug-likeness (QED) is 0.212. The molecule has 0 aliphatic carbocycles. The second-order valence-electron chi connectivity index (χ2n) is 13.7. The van der Waals surface area contributed by atoms with Gasteiger partial charge < -0.3 is 19.7 Å². The van der Waals surface area contributed by atoms with Gasteiger partial charge in [-0.3, -0.25) is 0 Å². The van der Waals surface area contributed by atoms with Crippen molar-refractivity contribution in [3.05, 3.63) is 105 Å². The number of para-hydroxylation sites is 2. The average molecular weight is 721 g/mol. The summed E-state index contributed by atoms with van der Waals surface area (Å²) in [5, 5.41) is 23.5. The van der Waals surface area contributed by atoms with E-state index in [4.69, 9.17) is 9.47 Å². The fourth-order valence-corrected chi connectivity index (χ4v) is 11.9. The van der Waals surface area contributed by atoms with Crippen molar-refractivity contribution in [3.8, 4) is 22.6 Å². The molecule has 10 nitrogen and oxygen atoms in total. The lowest BCUT2D eigenvalue weighted by atomic mass is 9.97. The number of sulfonamides is 2. The predicted octanol–water partition coefficient (Wildman–Crippen LogP) is 6.83. The van der Waals surface area contributed by atoms with Gasteiger partial charge in [-0.1, -0.05) is 71.8 Å². The van der Waals surface area contributed by atoms with Crippen LogP contribution in [0.5, 0.6) is 11.5 Å². The van der Waals surface area contributed by atoms with Gasteiger partial charge in [0.05, 0.1) is 23.0 Å². The molecular formula is C38H44N2O8S2. The van der Waals surface area contributed by atoms with E-state index in [9.17, 15) is 27.0 Å². The smallest absolute Gasteiger partial charge is 0.246 e. The minimum Gasteiger partial charge on any atom is -0.507 e. The van der Waals surface area contributed by atoms with Crippen molar-refractivity contribution < 1.29 is 36.5 Å². The number of nitrogens with zero attached hydrogens (tertiary/aromatic N) is 2.